The third-order valence-electron chi connectivity index (χ3n) is 2.53. The topological polar surface area (TPSA) is 110 Å². The van der Waals surface area contributed by atoms with Crippen molar-refractivity contribution in [2.24, 2.45) is 0 Å². The summed E-state index contributed by atoms with van der Waals surface area (Å²) in [7, 11) is -4.02. The van der Waals surface area contributed by atoms with E-state index < -0.39 is 34.2 Å². The summed E-state index contributed by atoms with van der Waals surface area (Å²) in [6, 6.07) is 4.07. The maximum atomic E-state index is 12.1. The first-order valence-corrected chi connectivity index (χ1v) is 7.72. The van der Waals surface area contributed by atoms with Crippen LogP contribution in [0.1, 0.15) is 20.3 Å². The molecule has 1 unspecified atom stereocenters. The number of hydrogen-bond donors (Lipinski definition) is 2. The molecule has 0 amide bonds. The minimum absolute atomic E-state index is 0.0965. The second-order valence-corrected chi connectivity index (χ2v) is 6.04. The number of ether oxygens (including phenoxy) is 1. The highest BCUT2D eigenvalue weighted by atomic mass is 32.2. The lowest BCUT2D eigenvalue weighted by Crippen LogP contribution is -2.41. The highest BCUT2D eigenvalue weighted by molar-refractivity contribution is 7.89. The van der Waals surface area contributed by atoms with Crippen molar-refractivity contribution in [1.82, 2.24) is 4.72 Å². The molecule has 0 aliphatic carbocycles. The largest absolute Gasteiger partial charge is 0.494 e. The summed E-state index contributed by atoms with van der Waals surface area (Å²) >= 11 is 0. The highest BCUT2D eigenvalue weighted by Crippen LogP contribution is 2.16. The van der Waals surface area contributed by atoms with Crippen LogP contribution in [0.3, 0.4) is 0 Å². The van der Waals surface area contributed by atoms with E-state index in [2.05, 4.69) is 0 Å². The molecule has 116 valence electrons. The van der Waals surface area contributed by atoms with Crippen LogP contribution in [0.2, 0.25) is 0 Å². The van der Waals surface area contributed by atoms with Crippen molar-refractivity contribution >= 4 is 21.8 Å². The SMILES string of the molecule is CCOc1ccc(S(=O)(=O)NC(CC(C)=O)C(=O)O)cc1. The number of Topliss-reactive ketones (excluding diaryl/α,β-unsaturated/α-hetero) is 1. The van der Waals surface area contributed by atoms with Crippen molar-refractivity contribution in [3.63, 3.8) is 0 Å². The van der Waals surface area contributed by atoms with Gasteiger partial charge in [-0.15, -0.1) is 0 Å². The van der Waals surface area contributed by atoms with Gasteiger partial charge in [0, 0.05) is 6.42 Å². The molecular weight excluding hydrogens is 298 g/mol. The zero-order chi connectivity index (χ0) is 16.0. The summed E-state index contributed by atoms with van der Waals surface area (Å²) in [4.78, 5) is 21.9. The molecule has 7 nitrogen and oxygen atoms in total. The van der Waals surface area contributed by atoms with Gasteiger partial charge in [0.15, 0.2) is 0 Å². The molecule has 1 aromatic rings. The molecular formula is C13H17NO6S. The van der Waals surface area contributed by atoms with Crippen LogP contribution in [-0.4, -0.2) is 37.9 Å². The molecule has 0 radical (unpaired) electrons. The number of carbonyl (C=O) groups is 2. The van der Waals surface area contributed by atoms with Gasteiger partial charge in [0.25, 0.3) is 0 Å². The second kappa shape index (κ2) is 7.19. The number of benzene rings is 1. The van der Waals surface area contributed by atoms with Crippen molar-refractivity contribution in [1.29, 1.82) is 0 Å². The fourth-order valence-corrected chi connectivity index (χ4v) is 2.79. The Kier molecular flexibility index (Phi) is 5.86. The third kappa shape index (κ3) is 5.16. The number of sulfonamides is 1. The third-order valence-corrected chi connectivity index (χ3v) is 4.02. The molecule has 8 heteroatoms. The number of carbonyl (C=O) groups excluding carboxylic acids is 1. The van der Waals surface area contributed by atoms with E-state index in [1.807, 2.05) is 4.72 Å². The summed E-state index contributed by atoms with van der Waals surface area (Å²) < 4.78 is 31.3. The first kappa shape index (κ1) is 17.1. The fraction of sp³-hybridized carbons (Fsp3) is 0.385. The lowest BCUT2D eigenvalue weighted by Gasteiger charge is -2.13. The highest BCUT2D eigenvalue weighted by Gasteiger charge is 2.26. The van der Waals surface area contributed by atoms with Gasteiger partial charge in [0.2, 0.25) is 10.0 Å². The predicted octanol–water partition coefficient (Wildman–Crippen LogP) is 0.796. The van der Waals surface area contributed by atoms with E-state index in [-0.39, 0.29) is 4.90 Å². The van der Waals surface area contributed by atoms with Crippen molar-refractivity contribution in [2.75, 3.05) is 6.61 Å². The average Bonchev–Trinajstić information content (AvgIpc) is 2.38. The number of rotatable bonds is 8. The number of aliphatic carboxylic acids is 1. The van der Waals surface area contributed by atoms with Gasteiger partial charge in [-0.2, -0.15) is 4.72 Å². The monoisotopic (exact) mass is 315 g/mol. The minimum atomic E-state index is -4.02. The number of ketones is 1. The zero-order valence-corrected chi connectivity index (χ0v) is 12.5. The van der Waals surface area contributed by atoms with Crippen molar-refractivity contribution in [3.05, 3.63) is 24.3 Å². The summed E-state index contributed by atoms with van der Waals surface area (Å²) in [5, 5.41) is 8.95. The van der Waals surface area contributed by atoms with Crippen LogP contribution in [0.25, 0.3) is 0 Å². The molecule has 0 aliphatic heterocycles. The van der Waals surface area contributed by atoms with Gasteiger partial charge in [-0.1, -0.05) is 0 Å². The quantitative estimate of drug-likeness (QED) is 0.734. The predicted molar refractivity (Wildman–Crippen MR) is 74.7 cm³/mol. The molecule has 0 aromatic heterocycles. The molecule has 0 saturated carbocycles. The summed E-state index contributed by atoms with van der Waals surface area (Å²) in [5.41, 5.74) is 0. The van der Waals surface area contributed by atoms with E-state index in [1.165, 1.54) is 31.2 Å². The minimum Gasteiger partial charge on any atom is -0.494 e. The first-order chi connectivity index (χ1) is 9.76. The maximum absolute atomic E-state index is 12.1. The average molecular weight is 315 g/mol. The molecule has 0 saturated heterocycles. The Morgan fingerprint density at radius 3 is 2.29 bits per heavy atom. The summed E-state index contributed by atoms with van der Waals surface area (Å²) in [6.45, 7) is 3.44. The Morgan fingerprint density at radius 1 is 1.29 bits per heavy atom. The Morgan fingerprint density at radius 2 is 1.86 bits per heavy atom. The van der Waals surface area contributed by atoms with Gasteiger partial charge in [-0.3, -0.25) is 9.59 Å². The fourth-order valence-electron chi connectivity index (χ4n) is 1.60. The Bertz CT molecular complexity index is 608. The van der Waals surface area contributed by atoms with E-state index in [0.717, 1.165) is 0 Å². The van der Waals surface area contributed by atoms with Crippen LogP contribution in [-0.2, 0) is 19.6 Å². The van der Waals surface area contributed by atoms with Gasteiger partial charge in [-0.05, 0) is 38.1 Å². The van der Waals surface area contributed by atoms with E-state index in [9.17, 15) is 18.0 Å². The van der Waals surface area contributed by atoms with Crippen LogP contribution in [0.4, 0.5) is 0 Å². The molecule has 1 rings (SSSR count). The second-order valence-electron chi connectivity index (χ2n) is 4.32. The van der Waals surface area contributed by atoms with Gasteiger partial charge < -0.3 is 9.84 Å². The van der Waals surface area contributed by atoms with Gasteiger partial charge >= 0.3 is 5.97 Å². The molecule has 1 atom stereocenters. The number of carboxylic acid groups (broad SMARTS) is 1. The number of hydrogen-bond acceptors (Lipinski definition) is 5. The van der Waals surface area contributed by atoms with Gasteiger partial charge in [0.05, 0.1) is 11.5 Å². The number of nitrogens with one attached hydrogen (secondary N) is 1. The number of carboxylic acids is 1. The lowest BCUT2D eigenvalue weighted by atomic mass is 10.2. The van der Waals surface area contributed by atoms with Crippen LogP contribution in [0.5, 0.6) is 5.75 Å². The molecule has 1 aromatic carbocycles. The van der Waals surface area contributed by atoms with Crippen molar-refractivity contribution in [2.45, 2.75) is 31.2 Å². The van der Waals surface area contributed by atoms with Crippen molar-refractivity contribution < 1.29 is 27.9 Å². The molecule has 0 bridgehead atoms. The van der Waals surface area contributed by atoms with Gasteiger partial charge in [0.1, 0.15) is 17.6 Å². The molecule has 21 heavy (non-hydrogen) atoms. The first-order valence-electron chi connectivity index (χ1n) is 6.23. The van der Waals surface area contributed by atoms with Gasteiger partial charge in [-0.25, -0.2) is 8.42 Å². The van der Waals surface area contributed by atoms with E-state index in [1.54, 1.807) is 6.92 Å². The van der Waals surface area contributed by atoms with Crippen molar-refractivity contribution in [3.8, 4) is 5.75 Å². The van der Waals surface area contributed by atoms with E-state index in [4.69, 9.17) is 9.84 Å². The Balaban J connectivity index is 2.93. The van der Waals surface area contributed by atoms with Crippen LogP contribution in [0.15, 0.2) is 29.2 Å². The Hall–Kier alpha value is -1.93. The maximum Gasteiger partial charge on any atom is 0.322 e. The van der Waals surface area contributed by atoms with E-state index >= 15 is 0 Å². The molecule has 2 N–H and O–H groups in total. The van der Waals surface area contributed by atoms with Crippen LogP contribution >= 0.6 is 0 Å². The smallest absolute Gasteiger partial charge is 0.322 e. The zero-order valence-electron chi connectivity index (χ0n) is 11.7. The molecule has 0 heterocycles. The summed E-state index contributed by atoms with van der Waals surface area (Å²) in [5.74, 6) is -1.31. The van der Waals surface area contributed by atoms with Crippen LogP contribution < -0.4 is 9.46 Å². The molecule has 0 spiro atoms. The molecule has 0 aliphatic rings. The Labute approximate surface area is 123 Å². The normalized spacial score (nSPS) is 12.7. The van der Waals surface area contributed by atoms with Crippen LogP contribution in [0, 0.1) is 0 Å². The summed E-state index contributed by atoms with van der Waals surface area (Å²) in [6.07, 6.45) is -0.411. The lowest BCUT2D eigenvalue weighted by molar-refractivity contribution is -0.140. The van der Waals surface area contributed by atoms with E-state index in [0.29, 0.717) is 12.4 Å². The molecule has 0 fully saturated rings. The standard InChI is InChI=1S/C13H17NO6S/c1-3-20-10-4-6-11(7-5-10)21(18,19)14-12(13(16)17)8-9(2)15/h4-7,12,14H,3,8H2,1-2H3,(H,16,17).